The van der Waals surface area contributed by atoms with Crippen LogP contribution in [0.25, 0.3) is 0 Å². The monoisotopic (exact) mass is 383 g/mol. The Morgan fingerprint density at radius 1 is 1.22 bits per heavy atom. The van der Waals surface area contributed by atoms with Crippen LogP contribution in [-0.2, 0) is 15.8 Å². The topological polar surface area (TPSA) is 52.7 Å². The summed E-state index contributed by atoms with van der Waals surface area (Å²) in [5.41, 5.74) is -0.192. The number of benzene rings is 1. The van der Waals surface area contributed by atoms with Crippen LogP contribution in [0.3, 0.4) is 0 Å². The molecule has 1 aromatic rings. The van der Waals surface area contributed by atoms with E-state index < -0.39 is 23.7 Å². The van der Waals surface area contributed by atoms with Gasteiger partial charge in [-0.05, 0) is 37.1 Å². The second kappa shape index (κ2) is 7.50. The molecule has 2 fully saturated rings. The molecule has 0 bridgehead atoms. The van der Waals surface area contributed by atoms with E-state index in [1.165, 1.54) is 17.0 Å². The summed E-state index contributed by atoms with van der Waals surface area (Å²) in [6.45, 7) is 1.59. The van der Waals surface area contributed by atoms with Gasteiger partial charge >= 0.3 is 6.18 Å². The summed E-state index contributed by atoms with van der Waals surface area (Å²) in [5.74, 6) is -0.628. The van der Waals surface area contributed by atoms with Crippen molar-refractivity contribution in [1.82, 2.24) is 15.1 Å². The van der Waals surface area contributed by atoms with E-state index in [0.717, 1.165) is 31.6 Å². The Kier molecular flexibility index (Phi) is 5.46. The van der Waals surface area contributed by atoms with Crippen molar-refractivity contribution in [1.29, 1.82) is 0 Å². The van der Waals surface area contributed by atoms with Crippen molar-refractivity contribution in [2.45, 2.75) is 37.5 Å². The Bertz CT molecular complexity index is 699. The highest BCUT2D eigenvalue weighted by molar-refractivity contribution is 5.85. The first kappa shape index (κ1) is 19.7. The highest BCUT2D eigenvalue weighted by atomic mass is 19.4. The molecule has 2 saturated heterocycles. The maximum absolute atomic E-state index is 13.1. The SMILES string of the molecule is CN(C(=O)[C@@H]1CCC(=O)N(C)[C@H]1c1ccc(C(F)(F)F)cc1)[C@H]1CCNC1. The van der Waals surface area contributed by atoms with Crippen molar-refractivity contribution < 1.29 is 22.8 Å². The molecule has 2 aliphatic rings. The number of likely N-dealkylation sites (N-methyl/N-ethyl adjacent to an activating group) is 1. The zero-order valence-corrected chi connectivity index (χ0v) is 15.4. The van der Waals surface area contributed by atoms with Crippen LogP contribution < -0.4 is 5.32 Å². The minimum absolute atomic E-state index is 0.0621. The number of likely N-dealkylation sites (tertiary alicyclic amines) is 1. The number of nitrogens with zero attached hydrogens (tertiary/aromatic N) is 2. The van der Waals surface area contributed by atoms with E-state index in [1.807, 2.05) is 0 Å². The van der Waals surface area contributed by atoms with Crippen LogP contribution in [0, 0.1) is 5.92 Å². The molecule has 2 amide bonds. The number of carbonyl (C=O) groups is 2. The van der Waals surface area contributed by atoms with Crippen LogP contribution in [0.1, 0.15) is 36.4 Å². The summed E-state index contributed by atoms with van der Waals surface area (Å²) in [6, 6.07) is 4.31. The van der Waals surface area contributed by atoms with Crippen LogP contribution in [0.4, 0.5) is 13.2 Å². The van der Waals surface area contributed by atoms with Gasteiger partial charge in [0.1, 0.15) is 0 Å². The standard InChI is InChI=1S/C19H24F3N3O2/c1-24(14-9-10-23-11-14)18(27)15-7-8-16(26)25(2)17(15)12-3-5-13(6-4-12)19(20,21)22/h3-6,14-15,17,23H,7-11H2,1-2H3/t14-,15+,17-/m0/s1. The molecule has 1 N–H and O–H groups in total. The van der Waals surface area contributed by atoms with Crippen LogP contribution in [-0.4, -0.2) is 54.8 Å². The molecule has 2 heterocycles. The summed E-state index contributed by atoms with van der Waals surface area (Å²) >= 11 is 0. The summed E-state index contributed by atoms with van der Waals surface area (Å²) in [6.07, 6.45) is -2.88. The third-order valence-corrected chi connectivity index (χ3v) is 5.69. The van der Waals surface area contributed by atoms with Gasteiger partial charge in [-0.1, -0.05) is 12.1 Å². The Balaban J connectivity index is 1.88. The number of hydrogen-bond acceptors (Lipinski definition) is 3. The Hall–Kier alpha value is -2.09. The number of piperidine rings is 1. The molecule has 1 aromatic carbocycles. The van der Waals surface area contributed by atoms with E-state index in [2.05, 4.69) is 5.32 Å². The smallest absolute Gasteiger partial charge is 0.341 e. The van der Waals surface area contributed by atoms with Crippen molar-refractivity contribution in [3.05, 3.63) is 35.4 Å². The zero-order valence-electron chi connectivity index (χ0n) is 15.4. The van der Waals surface area contributed by atoms with Crippen LogP contribution >= 0.6 is 0 Å². The van der Waals surface area contributed by atoms with Gasteiger partial charge in [0.25, 0.3) is 0 Å². The largest absolute Gasteiger partial charge is 0.416 e. The third-order valence-electron chi connectivity index (χ3n) is 5.69. The normalized spacial score (nSPS) is 26.3. The zero-order chi connectivity index (χ0) is 19.8. The van der Waals surface area contributed by atoms with Gasteiger partial charge in [-0.15, -0.1) is 0 Å². The molecule has 5 nitrogen and oxygen atoms in total. The van der Waals surface area contributed by atoms with Gasteiger partial charge < -0.3 is 15.1 Å². The fraction of sp³-hybridized carbons (Fsp3) is 0.579. The fourth-order valence-corrected chi connectivity index (χ4v) is 4.03. The van der Waals surface area contributed by atoms with Gasteiger partial charge in [-0.2, -0.15) is 13.2 Å². The van der Waals surface area contributed by atoms with Crippen molar-refractivity contribution in [2.24, 2.45) is 5.92 Å². The number of carbonyl (C=O) groups excluding carboxylic acids is 2. The average molecular weight is 383 g/mol. The lowest BCUT2D eigenvalue weighted by atomic mass is 9.83. The lowest BCUT2D eigenvalue weighted by molar-refractivity contribution is -0.147. The number of rotatable bonds is 3. The van der Waals surface area contributed by atoms with Crippen molar-refractivity contribution in [2.75, 3.05) is 27.2 Å². The molecule has 0 radical (unpaired) electrons. The Morgan fingerprint density at radius 3 is 2.44 bits per heavy atom. The van der Waals surface area contributed by atoms with E-state index in [9.17, 15) is 22.8 Å². The van der Waals surface area contributed by atoms with Crippen LogP contribution in [0.2, 0.25) is 0 Å². The minimum atomic E-state index is -4.42. The highest BCUT2D eigenvalue weighted by Gasteiger charge is 2.41. The molecule has 0 saturated carbocycles. The molecule has 0 aromatic heterocycles. The first-order valence-electron chi connectivity index (χ1n) is 9.10. The maximum atomic E-state index is 13.1. The van der Waals surface area contributed by atoms with Gasteiger partial charge in [-0.3, -0.25) is 9.59 Å². The van der Waals surface area contributed by atoms with Gasteiger partial charge in [-0.25, -0.2) is 0 Å². The van der Waals surface area contributed by atoms with E-state index in [-0.39, 0.29) is 24.3 Å². The number of halogens is 3. The van der Waals surface area contributed by atoms with Crippen LogP contribution in [0.15, 0.2) is 24.3 Å². The van der Waals surface area contributed by atoms with Gasteiger partial charge in [0.15, 0.2) is 0 Å². The van der Waals surface area contributed by atoms with E-state index >= 15 is 0 Å². The molecular formula is C19H24F3N3O2. The maximum Gasteiger partial charge on any atom is 0.416 e. The number of nitrogens with one attached hydrogen (secondary N) is 1. The summed E-state index contributed by atoms with van der Waals surface area (Å²) in [5, 5.41) is 3.23. The molecular weight excluding hydrogens is 359 g/mol. The molecule has 0 spiro atoms. The summed E-state index contributed by atoms with van der Waals surface area (Å²) in [4.78, 5) is 28.6. The predicted molar refractivity (Wildman–Crippen MR) is 93.7 cm³/mol. The van der Waals surface area contributed by atoms with Gasteiger partial charge in [0, 0.05) is 33.1 Å². The first-order chi connectivity index (χ1) is 12.7. The van der Waals surface area contributed by atoms with Crippen molar-refractivity contribution in [3.63, 3.8) is 0 Å². The van der Waals surface area contributed by atoms with E-state index in [4.69, 9.17) is 0 Å². The van der Waals surface area contributed by atoms with Crippen LogP contribution in [0.5, 0.6) is 0 Å². The molecule has 8 heteroatoms. The highest BCUT2D eigenvalue weighted by Crippen LogP contribution is 2.38. The predicted octanol–water partition coefficient (Wildman–Crippen LogP) is 2.44. The number of hydrogen-bond donors (Lipinski definition) is 1. The quantitative estimate of drug-likeness (QED) is 0.872. The second-order valence-electron chi connectivity index (χ2n) is 7.31. The number of amides is 2. The Labute approximate surface area is 156 Å². The fourth-order valence-electron chi connectivity index (χ4n) is 4.03. The second-order valence-corrected chi connectivity index (χ2v) is 7.31. The summed E-state index contributed by atoms with van der Waals surface area (Å²) < 4.78 is 38.6. The molecule has 0 unspecified atom stereocenters. The first-order valence-corrected chi connectivity index (χ1v) is 9.10. The third kappa shape index (κ3) is 3.95. The van der Waals surface area contributed by atoms with Gasteiger partial charge in [0.2, 0.25) is 11.8 Å². The van der Waals surface area contributed by atoms with Crippen molar-refractivity contribution >= 4 is 11.8 Å². The number of alkyl halides is 3. The molecule has 3 atom stereocenters. The molecule has 2 aliphatic heterocycles. The minimum Gasteiger partial charge on any atom is -0.341 e. The Morgan fingerprint density at radius 2 is 1.89 bits per heavy atom. The average Bonchev–Trinajstić information content (AvgIpc) is 3.16. The molecule has 27 heavy (non-hydrogen) atoms. The van der Waals surface area contributed by atoms with Crippen molar-refractivity contribution in [3.8, 4) is 0 Å². The molecule has 3 rings (SSSR count). The summed E-state index contributed by atoms with van der Waals surface area (Å²) in [7, 11) is 3.38. The van der Waals surface area contributed by atoms with E-state index in [0.29, 0.717) is 12.0 Å². The van der Waals surface area contributed by atoms with Gasteiger partial charge in [0.05, 0.1) is 17.5 Å². The lowest BCUT2D eigenvalue weighted by Gasteiger charge is -2.41. The molecule has 148 valence electrons. The van der Waals surface area contributed by atoms with E-state index in [1.54, 1.807) is 19.0 Å². The molecule has 0 aliphatic carbocycles. The lowest BCUT2D eigenvalue weighted by Crippen LogP contribution is -2.49.